The Balaban J connectivity index is 1.77. The molecule has 0 radical (unpaired) electrons. The van der Waals surface area contributed by atoms with E-state index in [0.29, 0.717) is 12.0 Å². The highest BCUT2D eigenvalue weighted by Crippen LogP contribution is 2.40. The number of hydrogen-bond acceptors (Lipinski definition) is 10. The maximum atomic E-state index is 12.1. The summed E-state index contributed by atoms with van der Waals surface area (Å²) in [6, 6.07) is 0. The van der Waals surface area contributed by atoms with Crippen molar-refractivity contribution in [1.82, 2.24) is 0 Å². The molecule has 10 nitrogen and oxygen atoms in total. The van der Waals surface area contributed by atoms with Gasteiger partial charge in [-0.3, -0.25) is 0 Å². The van der Waals surface area contributed by atoms with Crippen LogP contribution in [0.5, 0.6) is 0 Å². The van der Waals surface area contributed by atoms with Crippen LogP contribution in [-0.4, -0.2) is 83.4 Å². The standard InChI is InChI=1S/C17H24O10/c1-3-7-8-4-11(23-2)26-15(22)9(8)6-24-16(7)27-17-14(21)13(20)12(19)10(5-18)25-17/h3,6-8,10-14,16-21H,1,4-5H2,2H3/t7-,8+,10-,11-,12-,13+,14-,16+,17-/m1/s1. The van der Waals surface area contributed by atoms with E-state index in [1.807, 2.05) is 0 Å². The van der Waals surface area contributed by atoms with E-state index in [2.05, 4.69) is 6.58 Å². The predicted molar refractivity (Wildman–Crippen MR) is 86.5 cm³/mol. The van der Waals surface area contributed by atoms with Gasteiger partial charge in [0.15, 0.2) is 6.29 Å². The van der Waals surface area contributed by atoms with Crippen molar-refractivity contribution in [3.8, 4) is 0 Å². The lowest BCUT2D eigenvalue weighted by molar-refractivity contribution is -0.340. The van der Waals surface area contributed by atoms with Gasteiger partial charge in [-0.25, -0.2) is 4.79 Å². The van der Waals surface area contributed by atoms with Gasteiger partial charge in [-0.15, -0.1) is 6.58 Å². The summed E-state index contributed by atoms with van der Waals surface area (Å²) in [5.41, 5.74) is 0.321. The molecule has 0 aromatic carbocycles. The Labute approximate surface area is 155 Å². The SMILES string of the molecule is C=C[C@H]1[C@H](O[C@H]2O[C@H](CO)[C@@H](O)[C@H](O)[C@H]2O)OC=C2C(=O)O[C@@H](OC)C[C@H]21. The highest BCUT2D eigenvalue weighted by atomic mass is 16.8. The third-order valence-electron chi connectivity index (χ3n) is 5.08. The van der Waals surface area contributed by atoms with E-state index in [1.54, 1.807) is 6.08 Å². The van der Waals surface area contributed by atoms with E-state index in [1.165, 1.54) is 13.4 Å². The van der Waals surface area contributed by atoms with Crippen LogP contribution in [-0.2, 0) is 28.5 Å². The van der Waals surface area contributed by atoms with Crippen molar-refractivity contribution >= 4 is 5.97 Å². The largest absolute Gasteiger partial charge is 0.471 e. The van der Waals surface area contributed by atoms with Crippen molar-refractivity contribution in [2.24, 2.45) is 11.8 Å². The van der Waals surface area contributed by atoms with Crippen molar-refractivity contribution in [1.29, 1.82) is 0 Å². The summed E-state index contributed by atoms with van der Waals surface area (Å²) in [5.74, 6) is -1.41. The highest BCUT2D eigenvalue weighted by Gasteiger charge is 2.49. The number of rotatable bonds is 5. The maximum absolute atomic E-state index is 12.1. The van der Waals surface area contributed by atoms with Gasteiger partial charge in [-0.05, 0) is 0 Å². The summed E-state index contributed by atoms with van der Waals surface area (Å²) >= 11 is 0. The molecule has 4 N–H and O–H groups in total. The predicted octanol–water partition coefficient (Wildman–Crippen LogP) is -1.62. The van der Waals surface area contributed by atoms with Crippen LogP contribution in [0, 0.1) is 11.8 Å². The minimum absolute atomic E-state index is 0.321. The van der Waals surface area contributed by atoms with Crippen molar-refractivity contribution in [3.05, 3.63) is 24.5 Å². The van der Waals surface area contributed by atoms with Gasteiger partial charge in [0, 0.05) is 25.4 Å². The van der Waals surface area contributed by atoms with Crippen LogP contribution in [0.3, 0.4) is 0 Å². The number of hydrogen-bond donors (Lipinski definition) is 4. The first-order valence-corrected chi connectivity index (χ1v) is 8.59. The molecule has 0 spiro atoms. The molecule has 0 saturated carbocycles. The number of ether oxygens (including phenoxy) is 5. The molecule has 2 fully saturated rings. The van der Waals surface area contributed by atoms with Crippen LogP contribution in [0.2, 0.25) is 0 Å². The fourth-order valence-electron chi connectivity index (χ4n) is 3.50. The number of esters is 1. The lowest BCUT2D eigenvalue weighted by Crippen LogP contribution is -2.60. The number of methoxy groups -OCH3 is 1. The molecular formula is C17H24O10. The number of aliphatic hydroxyl groups excluding tert-OH is 4. The van der Waals surface area contributed by atoms with Crippen molar-refractivity contribution in [2.45, 2.75) is 49.7 Å². The molecule has 2 saturated heterocycles. The second kappa shape index (κ2) is 8.23. The number of carbonyl (C=O) groups is 1. The molecule has 3 rings (SSSR count). The molecule has 3 aliphatic heterocycles. The fourth-order valence-corrected chi connectivity index (χ4v) is 3.50. The van der Waals surface area contributed by atoms with Crippen LogP contribution in [0.25, 0.3) is 0 Å². The highest BCUT2D eigenvalue weighted by molar-refractivity contribution is 5.89. The third-order valence-corrected chi connectivity index (χ3v) is 5.08. The minimum Gasteiger partial charge on any atom is -0.471 e. The third kappa shape index (κ3) is 3.74. The zero-order valence-corrected chi connectivity index (χ0v) is 14.7. The molecule has 27 heavy (non-hydrogen) atoms. The Hall–Kier alpha value is -1.53. The summed E-state index contributed by atoms with van der Waals surface area (Å²) < 4.78 is 26.7. The van der Waals surface area contributed by atoms with Crippen LogP contribution >= 0.6 is 0 Å². The molecule has 10 heteroatoms. The van der Waals surface area contributed by atoms with Crippen molar-refractivity contribution < 1.29 is 48.9 Å². The number of cyclic esters (lactones) is 1. The summed E-state index contributed by atoms with van der Waals surface area (Å²) in [6.07, 6.45) is -5.65. The fraction of sp³-hybridized carbons (Fsp3) is 0.706. The van der Waals surface area contributed by atoms with Crippen LogP contribution in [0.4, 0.5) is 0 Å². The number of aliphatic hydroxyl groups is 4. The normalized spacial score (nSPS) is 44.6. The molecular weight excluding hydrogens is 364 g/mol. The van der Waals surface area contributed by atoms with Crippen LogP contribution in [0.1, 0.15) is 6.42 Å². The first-order valence-electron chi connectivity index (χ1n) is 8.59. The Morgan fingerprint density at radius 3 is 2.63 bits per heavy atom. The maximum Gasteiger partial charge on any atom is 0.339 e. The van der Waals surface area contributed by atoms with Crippen LogP contribution < -0.4 is 0 Å². The summed E-state index contributed by atoms with van der Waals surface area (Å²) in [6.45, 7) is 3.18. The van der Waals surface area contributed by atoms with Gasteiger partial charge in [0.1, 0.15) is 24.4 Å². The Morgan fingerprint density at radius 1 is 1.26 bits per heavy atom. The lowest BCUT2D eigenvalue weighted by atomic mass is 9.80. The average molecular weight is 388 g/mol. The van der Waals surface area contributed by atoms with E-state index < -0.39 is 61.8 Å². The first-order chi connectivity index (χ1) is 12.9. The van der Waals surface area contributed by atoms with E-state index in [4.69, 9.17) is 23.7 Å². The molecule has 0 aliphatic carbocycles. The van der Waals surface area contributed by atoms with E-state index in [9.17, 15) is 25.2 Å². The molecule has 152 valence electrons. The Morgan fingerprint density at radius 2 is 2.00 bits per heavy atom. The Kier molecular flexibility index (Phi) is 6.16. The van der Waals surface area contributed by atoms with Crippen molar-refractivity contribution in [2.75, 3.05) is 13.7 Å². The quantitative estimate of drug-likeness (QED) is 0.320. The molecule has 0 aromatic heterocycles. The molecule has 9 atom stereocenters. The van der Waals surface area contributed by atoms with Gasteiger partial charge >= 0.3 is 5.97 Å². The zero-order chi connectivity index (χ0) is 19.7. The van der Waals surface area contributed by atoms with Gasteiger partial charge in [-0.2, -0.15) is 0 Å². The second-order valence-corrected chi connectivity index (χ2v) is 6.64. The number of carbonyl (C=O) groups excluding carboxylic acids is 1. The summed E-state index contributed by atoms with van der Waals surface area (Å²) in [7, 11) is 1.43. The molecule has 0 aromatic rings. The zero-order valence-electron chi connectivity index (χ0n) is 14.7. The van der Waals surface area contributed by atoms with Gasteiger partial charge in [0.2, 0.25) is 12.6 Å². The van der Waals surface area contributed by atoms with Gasteiger partial charge < -0.3 is 44.1 Å². The first kappa shape index (κ1) is 20.2. The molecule has 0 amide bonds. The molecule has 0 unspecified atom stereocenters. The van der Waals surface area contributed by atoms with E-state index in [0.717, 1.165) is 0 Å². The topological polar surface area (TPSA) is 144 Å². The minimum atomic E-state index is -1.57. The van der Waals surface area contributed by atoms with E-state index >= 15 is 0 Å². The molecule has 3 heterocycles. The lowest BCUT2D eigenvalue weighted by Gasteiger charge is -2.44. The van der Waals surface area contributed by atoms with Crippen molar-refractivity contribution in [3.63, 3.8) is 0 Å². The van der Waals surface area contributed by atoms with Gasteiger partial charge in [0.05, 0.1) is 18.4 Å². The van der Waals surface area contributed by atoms with Gasteiger partial charge in [-0.1, -0.05) is 6.08 Å². The van der Waals surface area contributed by atoms with Crippen LogP contribution in [0.15, 0.2) is 24.5 Å². The summed E-state index contributed by atoms with van der Waals surface area (Å²) in [5, 5.41) is 39.1. The van der Waals surface area contributed by atoms with E-state index in [-0.39, 0.29) is 5.92 Å². The monoisotopic (exact) mass is 388 g/mol. The van der Waals surface area contributed by atoms with Gasteiger partial charge in [0.25, 0.3) is 0 Å². The Bertz CT molecular complexity index is 590. The molecule has 0 bridgehead atoms. The molecule has 3 aliphatic rings. The smallest absolute Gasteiger partial charge is 0.339 e. The second-order valence-electron chi connectivity index (χ2n) is 6.64. The number of fused-ring (bicyclic) bond motifs is 1. The average Bonchev–Trinajstić information content (AvgIpc) is 2.67. The summed E-state index contributed by atoms with van der Waals surface area (Å²) in [4.78, 5) is 12.1.